The van der Waals surface area contributed by atoms with Crippen LogP contribution < -0.4 is 20.9 Å². The van der Waals surface area contributed by atoms with Crippen LogP contribution in [0.4, 0.5) is 11.6 Å². The van der Waals surface area contributed by atoms with Crippen molar-refractivity contribution in [3.8, 4) is 5.75 Å². The van der Waals surface area contributed by atoms with Crippen molar-refractivity contribution in [1.29, 1.82) is 0 Å². The summed E-state index contributed by atoms with van der Waals surface area (Å²) in [7, 11) is 3.32. The summed E-state index contributed by atoms with van der Waals surface area (Å²) >= 11 is 0. The molecule has 8 heteroatoms. The third-order valence-corrected chi connectivity index (χ3v) is 5.37. The first-order valence-corrected chi connectivity index (χ1v) is 9.68. The number of imidazole rings is 1. The van der Waals surface area contributed by atoms with Crippen LogP contribution in [-0.4, -0.2) is 32.3 Å². The first-order valence-electron chi connectivity index (χ1n) is 9.68. The molecular weight excluding hydrogens is 358 g/mol. The number of rotatable bonds is 6. The van der Waals surface area contributed by atoms with Gasteiger partial charge in [-0.1, -0.05) is 19.8 Å². The number of aryl methyl sites for hydroxylation is 1. The minimum Gasteiger partial charge on any atom is -0.497 e. The molecule has 0 unspecified atom stereocenters. The van der Waals surface area contributed by atoms with Crippen LogP contribution in [0.1, 0.15) is 26.2 Å². The van der Waals surface area contributed by atoms with Crippen LogP contribution >= 0.6 is 0 Å². The zero-order valence-corrected chi connectivity index (χ0v) is 16.5. The highest BCUT2D eigenvalue weighted by atomic mass is 16.5. The van der Waals surface area contributed by atoms with Gasteiger partial charge in [0.25, 0.3) is 5.56 Å². The summed E-state index contributed by atoms with van der Waals surface area (Å²) in [6.45, 7) is 3.92. The molecule has 0 saturated heterocycles. The molecular formula is C20H25N5O3. The Morgan fingerprint density at radius 3 is 2.54 bits per heavy atom. The summed E-state index contributed by atoms with van der Waals surface area (Å²) in [5.74, 6) is 1.48. The Kier molecular flexibility index (Phi) is 4.70. The minimum atomic E-state index is -0.304. The smallest absolute Gasteiger partial charge is 0.332 e. The molecule has 2 aromatic heterocycles. The second-order valence-electron chi connectivity index (χ2n) is 7.09. The van der Waals surface area contributed by atoms with Crippen LogP contribution in [0.25, 0.3) is 11.2 Å². The van der Waals surface area contributed by atoms with Gasteiger partial charge < -0.3 is 14.2 Å². The highest BCUT2D eigenvalue weighted by Gasteiger charge is 2.28. The number of hydrogen-bond donors (Lipinski definition) is 0. The first kappa shape index (κ1) is 18.3. The van der Waals surface area contributed by atoms with Gasteiger partial charge in [-0.2, -0.15) is 4.98 Å². The van der Waals surface area contributed by atoms with E-state index in [1.165, 1.54) is 9.13 Å². The Labute approximate surface area is 162 Å². The number of aromatic nitrogens is 4. The number of benzene rings is 1. The lowest BCUT2D eigenvalue weighted by molar-refractivity contribution is 0.415. The molecule has 28 heavy (non-hydrogen) atoms. The third-order valence-electron chi connectivity index (χ3n) is 5.37. The molecule has 0 spiro atoms. The standard InChI is InChI=1S/C20H25N5O3/c1-4-5-6-11-25-18(26)16-17(22(2)20(25)27)21-19-23(12-13-24(16)19)14-7-9-15(28-3)10-8-14/h7-10H,4-6,11-13H2,1-3H3. The Bertz CT molecular complexity index is 1120. The zero-order valence-electron chi connectivity index (χ0n) is 16.5. The molecule has 0 atom stereocenters. The first-order chi connectivity index (χ1) is 13.6. The maximum atomic E-state index is 13.1. The van der Waals surface area contributed by atoms with E-state index in [1.54, 1.807) is 14.2 Å². The SMILES string of the molecule is CCCCCn1c(=O)c2c(nc3n2CCN3c2ccc(OC)cc2)n(C)c1=O. The van der Waals surface area contributed by atoms with E-state index in [4.69, 9.17) is 4.74 Å². The van der Waals surface area contributed by atoms with Gasteiger partial charge in [0.1, 0.15) is 5.75 Å². The van der Waals surface area contributed by atoms with Crippen LogP contribution in [0.15, 0.2) is 33.9 Å². The number of anilines is 2. The summed E-state index contributed by atoms with van der Waals surface area (Å²) in [5, 5.41) is 0. The molecule has 0 aliphatic carbocycles. The fourth-order valence-electron chi connectivity index (χ4n) is 3.80. The fraction of sp³-hybridized carbons (Fsp3) is 0.450. The van der Waals surface area contributed by atoms with Crippen molar-refractivity contribution in [3.05, 3.63) is 45.1 Å². The van der Waals surface area contributed by atoms with Crippen molar-refractivity contribution in [1.82, 2.24) is 18.7 Å². The second kappa shape index (κ2) is 7.18. The molecule has 1 aliphatic heterocycles. The van der Waals surface area contributed by atoms with E-state index in [9.17, 15) is 9.59 Å². The molecule has 0 amide bonds. The maximum absolute atomic E-state index is 13.1. The molecule has 0 bridgehead atoms. The van der Waals surface area contributed by atoms with Gasteiger partial charge in [-0.05, 0) is 30.7 Å². The molecule has 0 saturated carbocycles. The molecule has 3 heterocycles. The Morgan fingerprint density at radius 2 is 1.86 bits per heavy atom. The van der Waals surface area contributed by atoms with Gasteiger partial charge in [-0.3, -0.25) is 13.9 Å². The van der Waals surface area contributed by atoms with Crippen molar-refractivity contribution in [2.75, 3.05) is 18.6 Å². The predicted molar refractivity (Wildman–Crippen MR) is 109 cm³/mol. The monoisotopic (exact) mass is 383 g/mol. The predicted octanol–water partition coefficient (Wildman–Crippen LogP) is 2.25. The third kappa shape index (κ3) is 2.80. The summed E-state index contributed by atoms with van der Waals surface area (Å²) < 4.78 is 9.99. The molecule has 1 aliphatic rings. The van der Waals surface area contributed by atoms with E-state index in [1.807, 2.05) is 28.8 Å². The highest BCUT2D eigenvalue weighted by molar-refractivity contribution is 5.77. The van der Waals surface area contributed by atoms with Crippen LogP contribution in [0.2, 0.25) is 0 Å². The normalized spacial score (nSPS) is 13.3. The van der Waals surface area contributed by atoms with Gasteiger partial charge in [-0.25, -0.2) is 4.79 Å². The summed E-state index contributed by atoms with van der Waals surface area (Å²) in [6, 6.07) is 7.74. The molecule has 1 aromatic carbocycles. The Morgan fingerprint density at radius 1 is 1.11 bits per heavy atom. The maximum Gasteiger partial charge on any atom is 0.332 e. The van der Waals surface area contributed by atoms with Crippen molar-refractivity contribution < 1.29 is 4.74 Å². The second-order valence-corrected chi connectivity index (χ2v) is 7.09. The number of unbranched alkanes of at least 4 members (excludes halogenated alkanes) is 2. The number of methoxy groups -OCH3 is 1. The van der Waals surface area contributed by atoms with E-state index in [2.05, 4.69) is 16.8 Å². The van der Waals surface area contributed by atoms with Gasteiger partial charge in [0.05, 0.1) is 7.11 Å². The van der Waals surface area contributed by atoms with Gasteiger partial charge in [-0.15, -0.1) is 0 Å². The molecule has 0 radical (unpaired) electrons. The average Bonchev–Trinajstić information content (AvgIpc) is 3.28. The minimum absolute atomic E-state index is 0.246. The molecule has 3 aromatic rings. The molecule has 0 N–H and O–H groups in total. The lowest BCUT2D eigenvalue weighted by Gasteiger charge is -2.16. The number of fused-ring (bicyclic) bond motifs is 3. The van der Waals surface area contributed by atoms with E-state index in [0.29, 0.717) is 30.2 Å². The largest absolute Gasteiger partial charge is 0.497 e. The van der Waals surface area contributed by atoms with E-state index >= 15 is 0 Å². The quantitative estimate of drug-likeness (QED) is 0.611. The summed E-state index contributed by atoms with van der Waals surface area (Å²) in [5.41, 5.74) is 1.37. The van der Waals surface area contributed by atoms with Crippen LogP contribution in [0.3, 0.4) is 0 Å². The molecule has 8 nitrogen and oxygen atoms in total. The van der Waals surface area contributed by atoms with Crippen LogP contribution in [0.5, 0.6) is 5.75 Å². The molecule has 148 valence electrons. The van der Waals surface area contributed by atoms with E-state index in [0.717, 1.165) is 37.2 Å². The van der Waals surface area contributed by atoms with E-state index < -0.39 is 0 Å². The van der Waals surface area contributed by atoms with Crippen LogP contribution in [0, 0.1) is 0 Å². The lowest BCUT2D eigenvalue weighted by atomic mass is 10.2. The average molecular weight is 383 g/mol. The topological polar surface area (TPSA) is 74.3 Å². The number of ether oxygens (including phenoxy) is 1. The van der Waals surface area contributed by atoms with Crippen molar-refractivity contribution in [3.63, 3.8) is 0 Å². The van der Waals surface area contributed by atoms with Crippen molar-refractivity contribution in [2.24, 2.45) is 7.05 Å². The molecule has 0 fully saturated rings. The Balaban J connectivity index is 1.82. The Hall–Kier alpha value is -3.03. The van der Waals surface area contributed by atoms with Crippen molar-refractivity contribution >= 4 is 22.8 Å². The van der Waals surface area contributed by atoms with Crippen LogP contribution in [-0.2, 0) is 20.1 Å². The zero-order chi connectivity index (χ0) is 19.8. The van der Waals surface area contributed by atoms with Gasteiger partial charge in [0, 0.05) is 32.4 Å². The van der Waals surface area contributed by atoms with Gasteiger partial charge in [0.2, 0.25) is 5.95 Å². The fourth-order valence-corrected chi connectivity index (χ4v) is 3.80. The van der Waals surface area contributed by atoms with Crippen molar-refractivity contribution in [2.45, 2.75) is 39.3 Å². The number of nitrogens with zero attached hydrogens (tertiary/aromatic N) is 5. The summed E-state index contributed by atoms with van der Waals surface area (Å²) in [4.78, 5) is 32.5. The molecule has 4 rings (SSSR count). The lowest BCUT2D eigenvalue weighted by Crippen LogP contribution is -2.39. The summed E-state index contributed by atoms with van der Waals surface area (Å²) in [6.07, 6.45) is 2.84. The van der Waals surface area contributed by atoms with E-state index in [-0.39, 0.29) is 11.2 Å². The van der Waals surface area contributed by atoms with Gasteiger partial charge in [0.15, 0.2) is 11.2 Å². The highest BCUT2D eigenvalue weighted by Crippen LogP contribution is 2.32. The number of hydrogen-bond acceptors (Lipinski definition) is 5. The van der Waals surface area contributed by atoms with Gasteiger partial charge >= 0.3 is 5.69 Å².